The summed E-state index contributed by atoms with van der Waals surface area (Å²) in [6.45, 7) is 9.33. The van der Waals surface area contributed by atoms with Gasteiger partial charge in [-0.25, -0.2) is 8.78 Å². The second kappa shape index (κ2) is 6.67. The molecule has 0 saturated heterocycles. The van der Waals surface area contributed by atoms with Crippen LogP contribution in [-0.2, 0) is 0 Å². The number of hydrogen-bond acceptors (Lipinski definition) is 0. The van der Waals surface area contributed by atoms with E-state index in [1.807, 2.05) is 26.8 Å². The van der Waals surface area contributed by atoms with Gasteiger partial charge in [-0.3, -0.25) is 0 Å². The molecular weight excluding hydrogens is 230 g/mol. The molecule has 0 bridgehead atoms. The van der Waals surface area contributed by atoms with E-state index in [4.69, 9.17) is 0 Å². The highest BCUT2D eigenvalue weighted by molar-refractivity contribution is 5.25. The van der Waals surface area contributed by atoms with Crippen molar-refractivity contribution < 1.29 is 8.78 Å². The zero-order valence-corrected chi connectivity index (χ0v) is 11.4. The van der Waals surface area contributed by atoms with Gasteiger partial charge in [-0.2, -0.15) is 0 Å². The zero-order valence-electron chi connectivity index (χ0n) is 11.4. The fourth-order valence-corrected chi connectivity index (χ4v) is 2.18. The van der Waals surface area contributed by atoms with E-state index in [9.17, 15) is 8.78 Å². The third-order valence-electron chi connectivity index (χ3n) is 3.75. The average Bonchev–Trinajstić information content (AvgIpc) is 2.35. The van der Waals surface area contributed by atoms with Crippen LogP contribution in [0.15, 0.2) is 48.1 Å². The SMILES string of the molecule is C=C/C(F)=C\C(C)CCC1=CC=C(F)C(C)C1C. The Balaban J connectivity index is 2.56. The van der Waals surface area contributed by atoms with Crippen molar-refractivity contribution >= 4 is 0 Å². The predicted octanol–water partition coefficient (Wildman–Crippen LogP) is 5.51. The molecule has 0 nitrogen and oxygen atoms in total. The smallest absolute Gasteiger partial charge is 0.118 e. The van der Waals surface area contributed by atoms with Crippen molar-refractivity contribution in [3.8, 4) is 0 Å². The second-order valence-electron chi connectivity index (χ2n) is 5.14. The van der Waals surface area contributed by atoms with Gasteiger partial charge in [0.15, 0.2) is 0 Å². The maximum atomic E-state index is 13.4. The van der Waals surface area contributed by atoms with Crippen molar-refractivity contribution in [3.05, 3.63) is 48.1 Å². The van der Waals surface area contributed by atoms with Crippen molar-refractivity contribution in [2.75, 3.05) is 0 Å². The maximum absolute atomic E-state index is 13.4. The van der Waals surface area contributed by atoms with E-state index in [2.05, 4.69) is 6.58 Å². The molecule has 18 heavy (non-hydrogen) atoms. The Morgan fingerprint density at radius 2 is 2.06 bits per heavy atom. The van der Waals surface area contributed by atoms with Crippen LogP contribution in [0.4, 0.5) is 8.78 Å². The molecule has 0 fully saturated rings. The molecule has 1 aliphatic carbocycles. The van der Waals surface area contributed by atoms with Gasteiger partial charge in [-0.1, -0.05) is 39.0 Å². The Labute approximate surface area is 109 Å². The van der Waals surface area contributed by atoms with Gasteiger partial charge in [0, 0.05) is 5.92 Å². The summed E-state index contributed by atoms with van der Waals surface area (Å²) in [7, 11) is 0. The lowest BCUT2D eigenvalue weighted by atomic mass is 9.81. The first kappa shape index (κ1) is 14.9. The summed E-state index contributed by atoms with van der Waals surface area (Å²) in [5.41, 5.74) is 1.25. The minimum absolute atomic E-state index is 0.0410. The van der Waals surface area contributed by atoms with E-state index in [0.717, 1.165) is 12.8 Å². The van der Waals surface area contributed by atoms with Crippen LogP contribution in [0.2, 0.25) is 0 Å². The average molecular weight is 252 g/mol. The number of hydrogen-bond donors (Lipinski definition) is 0. The van der Waals surface area contributed by atoms with Crippen molar-refractivity contribution in [3.63, 3.8) is 0 Å². The largest absolute Gasteiger partial charge is 0.212 e. The first-order chi connectivity index (χ1) is 8.45. The lowest BCUT2D eigenvalue weighted by molar-refractivity contribution is 0.390. The van der Waals surface area contributed by atoms with Crippen molar-refractivity contribution in [2.45, 2.75) is 33.6 Å². The van der Waals surface area contributed by atoms with Crippen molar-refractivity contribution in [1.82, 2.24) is 0 Å². The molecule has 0 radical (unpaired) electrons. The van der Waals surface area contributed by atoms with Gasteiger partial charge in [0.1, 0.15) is 11.7 Å². The van der Waals surface area contributed by atoms with Crippen LogP contribution in [0.25, 0.3) is 0 Å². The van der Waals surface area contributed by atoms with Gasteiger partial charge in [0.25, 0.3) is 0 Å². The van der Waals surface area contributed by atoms with E-state index < -0.39 is 0 Å². The molecule has 0 saturated carbocycles. The Hall–Kier alpha value is -1.18. The quantitative estimate of drug-likeness (QED) is 0.566. The summed E-state index contributed by atoms with van der Waals surface area (Å²) in [4.78, 5) is 0. The lowest BCUT2D eigenvalue weighted by Gasteiger charge is -2.25. The highest BCUT2D eigenvalue weighted by Crippen LogP contribution is 2.34. The molecule has 1 aliphatic rings. The van der Waals surface area contributed by atoms with Gasteiger partial charge < -0.3 is 0 Å². The third-order valence-corrected chi connectivity index (χ3v) is 3.75. The summed E-state index contributed by atoms with van der Waals surface area (Å²) in [6.07, 6.45) is 8.00. The fourth-order valence-electron chi connectivity index (χ4n) is 2.18. The van der Waals surface area contributed by atoms with Crippen LogP contribution in [0, 0.1) is 17.8 Å². The van der Waals surface area contributed by atoms with Gasteiger partial charge >= 0.3 is 0 Å². The summed E-state index contributed by atoms with van der Waals surface area (Å²) < 4.78 is 26.4. The molecule has 3 atom stereocenters. The molecule has 0 N–H and O–H groups in total. The van der Waals surface area contributed by atoms with Crippen LogP contribution in [0.3, 0.4) is 0 Å². The highest BCUT2D eigenvalue weighted by atomic mass is 19.1. The monoisotopic (exact) mass is 252 g/mol. The van der Waals surface area contributed by atoms with Crippen molar-refractivity contribution in [1.29, 1.82) is 0 Å². The van der Waals surface area contributed by atoms with Crippen LogP contribution in [0.5, 0.6) is 0 Å². The first-order valence-electron chi connectivity index (χ1n) is 6.51. The van der Waals surface area contributed by atoms with Crippen LogP contribution >= 0.6 is 0 Å². The van der Waals surface area contributed by atoms with Gasteiger partial charge in [-0.05, 0) is 42.9 Å². The molecule has 0 spiro atoms. The van der Waals surface area contributed by atoms with Crippen LogP contribution in [0.1, 0.15) is 33.6 Å². The zero-order chi connectivity index (χ0) is 13.7. The Morgan fingerprint density at radius 1 is 1.39 bits per heavy atom. The third kappa shape index (κ3) is 3.94. The van der Waals surface area contributed by atoms with E-state index in [0.29, 0.717) is 0 Å². The Kier molecular flexibility index (Phi) is 5.52. The van der Waals surface area contributed by atoms with E-state index in [-0.39, 0.29) is 29.4 Å². The molecule has 3 unspecified atom stereocenters. The maximum Gasteiger partial charge on any atom is 0.118 e. The van der Waals surface area contributed by atoms with Gasteiger partial charge in [0.05, 0.1) is 0 Å². The number of halogens is 2. The number of allylic oxidation sites excluding steroid dienone is 7. The molecule has 0 aromatic carbocycles. The summed E-state index contributed by atoms with van der Waals surface area (Å²) >= 11 is 0. The molecule has 2 heteroatoms. The second-order valence-corrected chi connectivity index (χ2v) is 5.14. The van der Waals surface area contributed by atoms with Crippen molar-refractivity contribution in [2.24, 2.45) is 17.8 Å². The predicted molar refractivity (Wildman–Crippen MR) is 73.4 cm³/mol. The minimum Gasteiger partial charge on any atom is -0.212 e. The number of rotatable bonds is 5. The van der Waals surface area contributed by atoms with Crippen LogP contribution < -0.4 is 0 Å². The Morgan fingerprint density at radius 3 is 2.67 bits per heavy atom. The van der Waals surface area contributed by atoms with Gasteiger partial charge in [0.2, 0.25) is 0 Å². The summed E-state index contributed by atoms with van der Waals surface area (Å²) in [5, 5.41) is 0. The molecule has 0 aromatic rings. The molecule has 0 heterocycles. The lowest BCUT2D eigenvalue weighted by Crippen LogP contribution is -2.15. The van der Waals surface area contributed by atoms with E-state index in [1.165, 1.54) is 11.6 Å². The molecule has 0 aromatic heterocycles. The van der Waals surface area contributed by atoms with E-state index in [1.54, 1.807) is 12.2 Å². The van der Waals surface area contributed by atoms with E-state index >= 15 is 0 Å². The topological polar surface area (TPSA) is 0 Å². The first-order valence-corrected chi connectivity index (χ1v) is 6.51. The fraction of sp³-hybridized carbons (Fsp3) is 0.500. The normalized spacial score (nSPS) is 26.4. The van der Waals surface area contributed by atoms with Crippen LogP contribution in [-0.4, -0.2) is 0 Å². The molecule has 0 amide bonds. The molecule has 0 aliphatic heterocycles. The standard InChI is InChI=1S/C16H22F2/c1-5-15(17)10-11(2)6-7-14-8-9-16(18)13(4)12(14)3/h5,8-13H,1,6-7H2,2-4H3/b15-10+. The minimum atomic E-state index is -0.271. The highest BCUT2D eigenvalue weighted by Gasteiger charge is 2.23. The summed E-state index contributed by atoms with van der Waals surface area (Å²) in [6, 6.07) is 0. The van der Waals surface area contributed by atoms with Gasteiger partial charge in [-0.15, -0.1) is 0 Å². The molecule has 1 rings (SSSR count). The summed E-state index contributed by atoms with van der Waals surface area (Å²) in [5.74, 6) is 0.0442. The molecular formula is C16H22F2. The Bertz CT molecular complexity index is 388. The molecule has 100 valence electrons.